The Kier molecular flexibility index (Phi) is 17.9. The van der Waals surface area contributed by atoms with Gasteiger partial charge in [0.2, 0.25) is 5.91 Å². The molecular weight excluding hydrogens is 274 g/mol. The van der Waals surface area contributed by atoms with Crippen LogP contribution in [0.1, 0.15) is 84.0 Å². The lowest BCUT2D eigenvalue weighted by atomic mass is 10.1. The van der Waals surface area contributed by atoms with Crippen LogP contribution >= 0.6 is 0 Å². The first-order valence-electron chi connectivity index (χ1n) is 9.48. The van der Waals surface area contributed by atoms with Gasteiger partial charge in [-0.05, 0) is 32.4 Å². The van der Waals surface area contributed by atoms with Crippen molar-refractivity contribution in [3.8, 4) is 0 Å². The van der Waals surface area contributed by atoms with E-state index in [2.05, 4.69) is 17.6 Å². The fourth-order valence-electron chi connectivity index (χ4n) is 2.49. The van der Waals surface area contributed by atoms with Crippen LogP contribution in [0.2, 0.25) is 0 Å². The number of nitrogens with two attached hydrogens (primary N) is 1. The van der Waals surface area contributed by atoms with Crippen molar-refractivity contribution in [3.05, 3.63) is 0 Å². The standard InChI is InChI=1S/C18H39N3O/c1-2-3-4-5-6-7-8-9-10-13-18(22)21-17-16-20-15-12-11-14-19/h20H,2-17,19H2,1H3,(H,21,22). The van der Waals surface area contributed by atoms with E-state index in [1.165, 1.54) is 51.4 Å². The lowest BCUT2D eigenvalue weighted by Gasteiger charge is -2.07. The predicted octanol–water partition coefficient (Wildman–Crippen LogP) is 3.35. The van der Waals surface area contributed by atoms with E-state index in [9.17, 15) is 4.79 Å². The largest absolute Gasteiger partial charge is 0.355 e. The maximum absolute atomic E-state index is 11.6. The van der Waals surface area contributed by atoms with Crippen LogP contribution in [0.3, 0.4) is 0 Å². The highest BCUT2D eigenvalue weighted by Crippen LogP contribution is 2.10. The molecule has 0 aliphatic heterocycles. The molecule has 0 atom stereocenters. The topological polar surface area (TPSA) is 67.2 Å². The molecule has 0 aromatic rings. The van der Waals surface area contributed by atoms with Crippen LogP contribution in [0.25, 0.3) is 0 Å². The number of carbonyl (C=O) groups is 1. The van der Waals surface area contributed by atoms with Gasteiger partial charge in [0.25, 0.3) is 0 Å². The summed E-state index contributed by atoms with van der Waals surface area (Å²) in [5, 5.41) is 6.28. The van der Waals surface area contributed by atoms with Gasteiger partial charge >= 0.3 is 0 Å². The van der Waals surface area contributed by atoms with E-state index < -0.39 is 0 Å². The molecule has 0 aliphatic carbocycles. The van der Waals surface area contributed by atoms with Crippen molar-refractivity contribution in [3.63, 3.8) is 0 Å². The Hall–Kier alpha value is -0.610. The van der Waals surface area contributed by atoms with Gasteiger partial charge in [-0.3, -0.25) is 4.79 Å². The van der Waals surface area contributed by atoms with Crippen LogP contribution in [0.4, 0.5) is 0 Å². The molecule has 0 heterocycles. The minimum absolute atomic E-state index is 0.201. The van der Waals surface area contributed by atoms with Gasteiger partial charge < -0.3 is 16.4 Å². The molecule has 0 aromatic heterocycles. The molecular formula is C18H39N3O. The number of hydrogen-bond acceptors (Lipinski definition) is 3. The summed E-state index contributed by atoms with van der Waals surface area (Å²) in [7, 11) is 0. The second kappa shape index (κ2) is 18.4. The molecule has 22 heavy (non-hydrogen) atoms. The summed E-state index contributed by atoms with van der Waals surface area (Å²) in [5.74, 6) is 0.201. The second-order valence-electron chi connectivity index (χ2n) is 6.17. The quantitative estimate of drug-likeness (QED) is 0.361. The Morgan fingerprint density at radius 3 is 2.05 bits per heavy atom. The van der Waals surface area contributed by atoms with Gasteiger partial charge in [-0.2, -0.15) is 0 Å². The van der Waals surface area contributed by atoms with E-state index in [-0.39, 0.29) is 5.91 Å². The fraction of sp³-hybridized carbons (Fsp3) is 0.944. The lowest BCUT2D eigenvalue weighted by molar-refractivity contribution is -0.121. The number of hydrogen-bond donors (Lipinski definition) is 3. The summed E-state index contributed by atoms with van der Waals surface area (Å²) in [6.07, 6.45) is 14.5. The maximum atomic E-state index is 11.6. The van der Waals surface area contributed by atoms with Gasteiger partial charge in [0.15, 0.2) is 0 Å². The molecule has 4 heteroatoms. The van der Waals surface area contributed by atoms with E-state index in [0.29, 0.717) is 6.42 Å². The molecule has 0 aliphatic rings. The fourth-order valence-corrected chi connectivity index (χ4v) is 2.49. The van der Waals surface area contributed by atoms with Crippen molar-refractivity contribution in [1.82, 2.24) is 10.6 Å². The highest BCUT2D eigenvalue weighted by molar-refractivity contribution is 5.75. The normalized spacial score (nSPS) is 10.8. The average molecular weight is 314 g/mol. The molecule has 0 saturated heterocycles. The Morgan fingerprint density at radius 2 is 1.41 bits per heavy atom. The van der Waals surface area contributed by atoms with Crippen molar-refractivity contribution in [2.75, 3.05) is 26.2 Å². The summed E-state index contributed by atoms with van der Waals surface area (Å²) in [6, 6.07) is 0. The third-order valence-corrected chi connectivity index (χ3v) is 3.94. The van der Waals surface area contributed by atoms with Gasteiger partial charge in [-0.25, -0.2) is 0 Å². The first-order chi connectivity index (χ1) is 10.8. The predicted molar refractivity (Wildman–Crippen MR) is 96.0 cm³/mol. The lowest BCUT2D eigenvalue weighted by Crippen LogP contribution is -2.32. The summed E-state index contributed by atoms with van der Waals surface area (Å²) in [5.41, 5.74) is 5.43. The van der Waals surface area contributed by atoms with Crippen molar-refractivity contribution in [1.29, 1.82) is 0 Å². The number of amides is 1. The summed E-state index contributed by atoms with van der Waals surface area (Å²) >= 11 is 0. The Morgan fingerprint density at radius 1 is 0.773 bits per heavy atom. The van der Waals surface area contributed by atoms with Gasteiger partial charge in [-0.1, -0.05) is 58.3 Å². The van der Waals surface area contributed by atoms with Crippen LogP contribution in [0.15, 0.2) is 0 Å². The van der Waals surface area contributed by atoms with Crippen LogP contribution in [-0.2, 0) is 4.79 Å². The molecule has 0 rings (SSSR count). The molecule has 0 radical (unpaired) electrons. The molecule has 132 valence electrons. The molecule has 4 N–H and O–H groups in total. The number of rotatable bonds is 17. The third kappa shape index (κ3) is 17.4. The molecule has 0 spiro atoms. The SMILES string of the molecule is CCCCCCCCCCCC(=O)NCCNCCCCN. The Labute approximate surface area is 138 Å². The zero-order valence-electron chi connectivity index (χ0n) is 14.8. The number of carbonyl (C=O) groups excluding carboxylic acids is 1. The number of unbranched alkanes of at least 4 members (excludes halogenated alkanes) is 9. The molecule has 0 aromatic carbocycles. The third-order valence-electron chi connectivity index (χ3n) is 3.94. The summed E-state index contributed by atoms with van der Waals surface area (Å²) < 4.78 is 0. The molecule has 4 nitrogen and oxygen atoms in total. The van der Waals surface area contributed by atoms with E-state index in [1.54, 1.807) is 0 Å². The smallest absolute Gasteiger partial charge is 0.220 e. The monoisotopic (exact) mass is 313 g/mol. The van der Waals surface area contributed by atoms with Gasteiger partial charge in [0, 0.05) is 19.5 Å². The van der Waals surface area contributed by atoms with Crippen LogP contribution in [-0.4, -0.2) is 32.1 Å². The minimum Gasteiger partial charge on any atom is -0.355 e. The highest BCUT2D eigenvalue weighted by Gasteiger charge is 2.00. The highest BCUT2D eigenvalue weighted by atomic mass is 16.1. The van der Waals surface area contributed by atoms with E-state index in [1.807, 2.05) is 0 Å². The average Bonchev–Trinajstić information content (AvgIpc) is 2.52. The van der Waals surface area contributed by atoms with Gasteiger partial charge in [0.1, 0.15) is 0 Å². The molecule has 0 unspecified atom stereocenters. The maximum Gasteiger partial charge on any atom is 0.220 e. The second-order valence-corrected chi connectivity index (χ2v) is 6.17. The van der Waals surface area contributed by atoms with E-state index in [0.717, 1.165) is 45.4 Å². The van der Waals surface area contributed by atoms with Gasteiger partial charge in [0.05, 0.1) is 0 Å². The zero-order chi connectivity index (χ0) is 16.3. The van der Waals surface area contributed by atoms with E-state index >= 15 is 0 Å². The van der Waals surface area contributed by atoms with Crippen LogP contribution < -0.4 is 16.4 Å². The molecule has 0 bridgehead atoms. The molecule has 0 fully saturated rings. The zero-order valence-corrected chi connectivity index (χ0v) is 14.8. The first kappa shape index (κ1) is 21.4. The molecule has 0 saturated carbocycles. The van der Waals surface area contributed by atoms with Crippen molar-refractivity contribution in [2.45, 2.75) is 84.0 Å². The van der Waals surface area contributed by atoms with Crippen LogP contribution in [0.5, 0.6) is 0 Å². The van der Waals surface area contributed by atoms with Crippen LogP contribution in [0, 0.1) is 0 Å². The first-order valence-corrected chi connectivity index (χ1v) is 9.48. The number of nitrogens with one attached hydrogen (secondary N) is 2. The molecule has 1 amide bonds. The van der Waals surface area contributed by atoms with Crippen molar-refractivity contribution in [2.24, 2.45) is 5.73 Å². The van der Waals surface area contributed by atoms with Crippen molar-refractivity contribution >= 4 is 5.91 Å². The Balaban J connectivity index is 3.13. The minimum atomic E-state index is 0.201. The van der Waals surface area contributed by atoms with Gasteiger partial charge in [-0.15, -0.1) is 0 Å². The van der Waals surface area contributed by atoms with Crippen molar-refractivity contribution < 1.29 is 4.79 Å². The Bertz CT molecular complexity index is 234. The summed E-state index contributed by atoms with van der Waals surface area (Å²) in [6.45, 7) is 5.60. The van der Waals surface area contributed by atoms with E-state index in [4.69, 9.17) is 5.73 Å². The summed E-state index contributed by atoms with van der Waals surface area (Å²) in [4.78, 5) is 11.6.